The molecule has 1 aliphatic rings. The summed E-state index contributed by atoms with van der Waals surface area (Å²) in [7, 11) is 0. The highest BCUT2D eigenvalue weighted by Crippen LogP contribution is 2.38. The van der Waals surface area contributed by atoms with Gasteiger partial charge in [0.05, 0.1) is 13.0 Å². The molecular weight excluding hydrogens is 216 g/mol. The fraction of sp³-hybridized carbons (Fsp3) is 0.857. The lowest BCUT2D eigenvalue weighted by atomic mass is 9.71. The van der Waals surface area contributed by atoms with Crippen LogP contribution >= 0.6 is 0 Å². The molecule has 0 radical (unpaired) electrons. The molecule has 0 bridgehead atoms. The van der Waals surface area contributed by atoms with Crippen molar-refractivity contribution in [3.05, 3.63) is 0 Å². The van der Waals surface area contributed by atoms with Gasteiger partial charge in [-0.25, -0.2) is 0 Å². The second kappa shape index (κ2) is 6.18. The summed E-state index contributed by atoms with van der Waals surface area (Å²) in [5, 5.41) is 0. The minimum atomic E-state index is -0.253. The molecule has 1 fully saturated rings. The number of Topliss-reactive ketones (excluding diaryl/α,β-unsaturated/α-hetero) is 1. The number of carbonyl (C=O) groups is 2. The van der Waals surface area contributed by atoms with Crippen molar-refractivity contribution in [1.29, 1.82) is 0 Å². The molecule has 0 saturated heterocycles. The van der Waals surface area contributed by atoms with E-state index in [1.807, 2.05) is 0 Å². The van der Waals surface area contributed by atoms with E-state index in [4.69, 9.17) is 4.74 Å². The molecule has 0 N–H and O–H groups in total. The predicted molar refractivity (Wildman–Crippen MR) is 66.6 cm³/mol. The Morgan fingerprint density at radius 3 is 2.29 bits per heavy atom. The van der Waals surface area contributed by atoms with E-state index in [-0.39, 0.29) is 24.1 Å². The third-order valence-corrected chi connectivity index (χ3v) is 3.68. The number of hydrogen-bond donors (Lipinski definition) is 0. The molecule has 3 nitrogen and oxygen atoms in total. The molecule has 1 aliphatic carbocycles. The molecule has 0 aromatic rings. The molecule has 1 saturated carbocycles. The Labute approximate surface area is 104 Å². The third-order valence-electron chi connectivity index (χ3n) is 3.68. The molecule has 0 spiro atoms. The van der Waals surface area contributed by atoms with Crippen LogP contribution < -0.4 is 0 Å². The summed E-state index contributed by atoms with van der Waals surface area (Å²) in [6.45, 7) is 6.69. The van der Waals surface area contributed by atoms with E-state index in [2.05, 4.69) is 13.8 Å². The van der Waals surface area contributed by atoms with Crippen molar-refractivity contribution in [1.82, 2.24) is 0 Å². The second-order valence-electron chi connectivity index (χ2n) is 5.71. The van der Waals surface area contributed by atoms with Crippen LogP contribution in [0.25, 0.3) is 0 Å². The first-order valence-electron chi connectivity index (χ1n) is 6.63. The van der Waals surface area contributed by atoms with E-state index in [1.54, 1.807) is 6.92 Å². The topological polar surface area (TPSA) is 43.4 Å². The van der Waals surface area contributed by atoms with E-state index < -0.39 is 0 Å². The van der Waals surface area contributed by atoms with Gasteiger partial charge >= 0.3 is 5.97 Å². The zero-order valence-corrected chi connectivity index (χ0v) is 11.3. The van der Waals surface area contributed by atoms with Crippen molar-refractivity contribution >= 4 is 11.8 Å². The zero-order chi connectivity index (χ0) is 12.9. The van der Waals surface area contributed by atoms with Gasteiger partial charge in [-0.1, -0.05) is 13.8 Å². The average Bonchev–Trinajstić information content (AvgIpc) is 2.26. The smallest absolute Gasteiger partial charge is 0.306 e. The van der Waals surface area contributed by atoms with Crippen molar-refractivity contribution in [3.63, 3.8) is 0 Å². The number of ketones is 1. The summed E-state index contributed by atoms with van der Waals surface area (Å²) in [6.07, 6.45) is 4.78. The molecule has 0 amide bonds. The number of carbonyl (C=O) groups excluding carboxylic acids is 2. The van der Waals surface area contributed by atoms with Crippen LogP contribution in [0.3, 0.4) is 0 Å². The van der Waals surface area contributed by atoms with Gasteiger partial charge in [0.15, 0.2) is 0 Å². The van der Waals surface area contributed by atoms with E-state index in [9.17, 15) is 9.59 Å². The lowest BCUT2D eigenvalue weighted by Gasteiger charge is -2.33. The first-order chi connectivity index (χ1) is 7.94. The Bertz CT molecular complexity index is 271. The molecule has 0 aliphatic heterocycles. The van der Waals surface area contributed by atoms with Crippen molar-refractivity contribution < 1.29 is 14.3 Å². The van der Waals surface area contributed by atoms with Gasteiger partial charge in [0.25, 0.3) is 0 Å². The van der Waals surface area contributed by atoms with Crippen LogP contribution in [0.5, 0.6) is 0 Å². The van der Waals surface area contributed by atoms with Crippen LogP contribution in [0.2, 0.25) is 0 Å². The Morgan fingerprint density at radius 2 is 1.76 bits per heavy atom. The fourth-order valence-electron chi connectivity index (χ4n) is 2.38. The van der Waals surface area contributed by atoms with Gasteiger partial charge in [-0.2, -0.15) is 0 Å². The monoisotopic (exact) mass is 240 g/mol. The minimum Gasteiger partial charge on any atom is -0.466 e. The molecule has 0 aromatic carbocycles. The van der Waals surface area contributed by atoms with Crippen LogP contribution in [0, 0.1) is 11.3 Å². The highest BCUT2D eigenvalue weighted by atomic mass is 16.5. The minimum absolute atomic E-state index is 0.178. The molecule has 0 aromatic heterocycles. The maximum Gasteiger partial charge on any atom is 0.306 e. The number of hydrogen-bond acceptors (Lipinski definition) is 3. The van der Waals surface area contributed by atoms with Gasteiger partial charge in [0.2, 0.25) is 0 Å². The lowest BCUT2D eigenvalue weighted by molar-refractivity contribution is -0.144. The van der Waals surface area contributed by atoms with Crippen LogP contribution in [-0.2, 0) is 14.3 Å². The van der Waals surface area contributed by atoms with E-state index in [1.165, 1.54) is 0 Å². The van der Waals surface area contributed by atoms with Gasteiger partial charge in [0.1, 0.15) is 5.78 Å². The zero-order valence-electron chi connectivity index (χ0n) is 11.3. The van der Waals surface area contributed by atoms with Gasteiger partial charge < -0.3 is 4.74 Å². The molecule has 0 atom stereocenters. The summed E-state index contributed by atoms with van der Waals surface area (Å²) in [4.78, 5) is 23.1. The van der Waals surface area contributed by atoms with Crippen LogP contribution in [0.15, 0.2) is 0 Å². The lowest BCUT2D eigenvalue weighted by Crippen LogP contribution is -2.26. The molecule has 17 heavy (non-hydrogen) atoms. The van der Waals surface area contributed by atoms with Gasteiger partial charge in [-0.15, -0.1) is 0 Å². The third kappa shape index (κ3) is 4.88. The summed E-state index contributed by atoms with van der Waals surface area (Å²) in [5.74, 6) is 0.169. The van der Waals surface area contributed by atoms with Crippen molar-refractivity contribution in [2.45, 2.75) is 59.3 Å². The molecule has 1 rings (SSSR count). The van der Waals surface area contributed by atoms with E-state index >= 15 is 0 Å². The summed E-state index contributed by atoms with van der Waals surface area (Å²) in [5.41, 5.74) is 0.387. The van der Waals surface area contributed by atoms with E-state index in [0.717, 1.165) is 25.7 Å². The fourth-order valence-corrected chi connectivity index (χ4v) is 2.38. The largest absolute Gasteiger partial charge is 0.466 e. The maximum atomic E-state index is 11.9. The molecule has 3 heteroatoms. The summed E-state index contributed by atoms with van der Waals surface area (Å²) < 4.78 is 4.82. The standard InChI is InChI=1S/C14H24O3/c1-4-17-13(16)6-5-12(15)11-7-9-14(2,3)10-8-11/h11H,4-10H2,1-3H3. The van der Waals surface area contributed by atoms with Crippen molar-refractivity contribution in [2.75, 3.05) is 6.61 Å². The Kier molecular flexibility index (Phi) is 5.16. The molecule has 0 unspecified atom stereocenters. The number of esters is 1. The first kappa shape index (κ1) is 14.2. The normalized spacial score (nSPS) is 19.9. The first-order valence-corrected chi connectivity index (χ1v) is 6.63. The number of ether oxygens (including phenoxy) is 1. The van der Waals surface area contributed by atoms with E-state index in [0.29, 0.717) is 18.4 Å². The Morgan fingerprint density at radius 1 is 1.18 bits per heavy atom. The summed E-state index contributed by atoms with van der Waals surface area (Å²) in [6, 6.07) is 0. The highest BCUT2D eigenvalue weighted by molar-refractivity contribution is 5.84. The molecule has 98 valence electrons. The van der Waals surface area contributed by atoms with Gasteiger partial charge in [-0.05, 0) is 38.0 Å². The predicted octanol–water partition coefficient (Wildman–Crippen LogP) is 3.12. The molecular formula is C14H24O3. The molecule has 0 heterocycles. The van der Waals surface area contributed by atoms with Crippen molar-refractivity contribution in [2.24, 2.45) is 11.3 Å². The van der Waals surface area contributed by atoms with Crippen LogP contribution in [0.4, 0.5) is 0 Å². The number of rotatable bonds is 5. The second-order valence-corrected chi connectivity index (χ2v) is 5.71. The average molecular weight is 240 g/mol. The van der Waals surface area contributed by atoms with Gasteiger partial charge in [0, 0.05) is 12.3 Å². The van der Waals surface area contributed by atoms with Crippen LogP contribution in [-0.4, -0.2) is 18.4 Å². The van der Waals surface area contributed by atoms with Crippen LogP contribution in [0.1, 0.15) is 59.3 Å². The summed E-state index contributed by atoms with van der Waals surface area (Å²) >= 11 is 0. The maximum absolute atomic E-state index is 11.9. The highest BCUT2D eigenvalue weighted by Gasteiger charge is 2.30. The SMILES string of the molecule is CCOC(=O)CCC(=O)C1CCC(C)(C)CC1. The van der Waals surface area contributed by atoms with Gasteiger partial charge in [-0.3, -0.25) is 9.59 Å². The Balaban J connectivity index is 2.27. The quantitative estimate of drug-likeness (QED) is 0.693. The van der Waals surface area contributed by atoms with Crippen molar-refractivity contribution in [3.8, 4) is 0 Å². The Hall–Kier alpha value is -0.860.